The van der Waals surface area contributed by atoms with E-state index in [2.05, 4.69) is 6.92 Å². The third-order valence-electron chi connectivity index (χ3n) is 1.69. The predicted octanol–water partition coefficient (Wildman–Crippen LogP) is 2.66. The van der Waals surface area contributed by atoms with Gasteiger partial charge in [0, 0.05) is 24.1 Å². The first-order chi connectivity index (χ1) is 6.56. The van der Waals surface area contributed by atoms with Gasteiger partial charge in [-0.25, -0.2) is 0 Å². The third-order valence-corrected chi connectivity index (χ3v) is 2.02. The van der Waals surface area contributed by atoms with Crippen molar-refractivity contribution < 1.29 is 9.72 Å². The minimum absolute atomic E-state index is 0.0287. The summed E-state index contributed by atoms with van der Waals surface area (Å²) in [5, 5.41) is 10.6. The fourth-order valence-electron chi connectivity index (χ4n) is 0.975. The fraction of sp³-hybridized carbons (Fsp3) is 0.111. The van der Waals surface area contributed by atoms with Gasteiger partial charge in [0.15, 0.2) is 5.78 Å². The Kier molecular flexibility index (Phi) is 3.19. The molecule has 5 heteroatoms. The molecule has 0 aliphatic carbocycles. The second kappa shape index (κ2) is 4.19. The van der Waals surface area contributed by atoms with Crippen LogP contribution in [0.1, 0.15) is 16.8 Å². The van der Waals surface area contributed by atoms with Gasteiger partial charge in [-0.1, -0.05) is 11.6 Å². The van der Waals surface area contributed by atoms with Crippen molar-refractivity contribution in [1.29, 1.82) is 0 Å². The van der Waals surface area contributed by atoms with Crippen LogP contribution in [0.3, 0.4) is 0 Å². The van der Waals surface area contributed by atoms with Gasteiger partial charge in [-0.05, 0) is 13.0 Å². The molecule has 0 aliphatic heterocycles. The topological polar surface area (TPSA) is 60.2 Å². The van der Waals surface area contributed by atoms with Crippen molar-refractivity contribution in [3.05, 3.63) is 45.8 Å². The Labute approximate surface area is 85.6 Å². The van der Waals surface area contributed by atoms with Crippen molar-refractivity contribution in [2.75, 3.05) is 0 Å². The summed E-state index contributed by atoms with van der Waals surface area (Å²) in [5.74, 6) is -0.307. The first kappa shape index (κ1) is 10.7. The number of carbonyl (C=O) groups is 1. The van der Waals surface area contributed by atoms with Crippen molar-refractivity contribution in [2.24, 2.45) is 0 Å². The Hall–Kier alpha value is -1.42. The summed E-state index contributed by atoms with van der Waals surface area (Å²) in [6, 6.07) is 3.75. The molecule has 0 aromatic heterocycles. The summed E-state index contributed by atoms with van der Waals surface area (Å²) in [6.45, 7) is 3.40. The summed E-state index contributed by atoms with van der Waals surface area (Å²) in [6.07, 6.45) is 0.0287. The van der Waals surface area contributed by atoms with Gasteiger partial charge in [0.25, 0.3) is 5.69 Å². The number of benzene rings is 1. The molecule has 0 fully saturated rings. The third kappa shape index (κ3) is 2.09. The Bertz CT molecular complexity index is 390. The molecule has 0 bridgehead atoms. The van der Waals surface area contributed by atoms with E-state index in [4.69, 9.17) is 11.6 Å². The summed E-state index contributed by atoms with van der Waals surface area (Å²) < 4.78 is 0. The van der Waals surface area contributed by atoms with Crippen molar-refractivity contribution >= 4 is 23.1 Å². The van der Waals surface area contributed by atoms with E-state index in [1.807, 2.05) is 0 Å². The van der Waals surface area contributed by atoms with Crippen LogP contribution in [0.5, 0.6) is 0 Å². The number of ketones is 1. The summed E-state index contributed by atoms with van der Waals surface area (Å²) >= 11 is 5.70. The number of nitrogens with zero attached hydrogens (tertiary/aromatic N) is 1. The van der Waals surface area contributed by atoms with Crippen LogP contribution >= 0.6 is 11.6 Å². The molecule has 0 saturated heterocycles. The molecule has 0 aliphatic rings. The van der Waals surface area contributed by atoms with Crippen LogP contribution < -0.4 is 0 Å². The van der Waals surface area contributed by atoms with E-state index in [9.17, 15) is 14.9 Å². The van der Waals surface area contributed by atoms with Crippen LogP contribution in [-0.4, -0.2) is 10.7 Å². The lowest BCUT2D eigenvalue weighted by molar-refractivity contribution is -0.384. The fourth-order valence-corrected chi connectivity index (χ4v) is 1.20. The average molecular weight is 213 g/mol. The van der Waals surface area contributed by atoms with Crippen molar-refractivity contribution in [1.82, 2.24) is 0 Å². The highest BCUT2D eigenvalue weighted by molar-refractivity contribution is 6.34. The molecule has 0 saturated carbocycles. The molecular weight excluding hydrogens is 206 g/mol. The molecule has 0 heterocycles. The molecule has 0 unspecified atom stereocenters. The Morgan fingerprint density at radius 1 is 1.57 bits per heavy atom. The Morgan fingerprint density at radius 3 is 2.71 bits per heavy atom. The zero-order valence-corrected chi connectivity index (χ0v) is 7.95. The molecule has 1 aromatic rings. The molecule has 0 atom stereocenters. The first-order valence-corrected chi connectivity index (χ1v) is 4.20. The standard InChI is InChI=1S/C9H7ClNO3/c1-2-9(12)7-5-6(11(13)14)3-4-8(7)10/h3-5H,1-2H2. The van der Waals surface area contributed by atoms with E-state index in [0.29, 0.717) is 0 Å². The number of carbonyl (C=O) groups excluding carboxylic acids is 1. The van der Waals surface area contributed by atoms with Crippen molar-refractivity contribution in [3.63, 3.8) is 0 Å². The molecule has 1 rings (SSSR count). The number of hydrogen-bond donors (Lipinski definition) is 0. The van der Waals surface area contributed by atoms with Gasteiger partial charge in [0.1, 0.15) is 0 Å². The minimum atomic E-state index is -0.573. The van der Waals surface area contributed by atoms with E-state index in [0.717, 1.165) is 6.07 Å². The molecule has 0 amide bonds. The van der Waals surface area contributed by atoms with Crippen LogP contribution in [0.15, 0.2) is 18.2 Å². The zero-order chi connectivity index (χ0) is 10.7. The molecule has 0 spiro atoms. The molecule has 1 aromatic carbocycles. The van der Waals surface area contributed by atoms with Gasteiger partial charge in [-0.3, -0.25) is 14.9 Å². The van der Waals surface area contributed by atoms with Crippen LogP contribution in [0.25, 0.3) is 0 Å². The van der Waals surface area contributed by atoms with E-state index < -0.39 is 4.92 Å². The second-order valence-electron chi connectivity index (χ2n) is 2.59. The largest absolute Gasteiger partial charge is 0.294 e. The quantitative estimate of drug-likeness (QED) is 0.440. The molecule has 73 valence electrons. The van der Waals surface area contributed by atoms with E-state index in [1.54, 1.807) is 0 Å². The van der Waals surface area contributed by atoms with E-state index in [-0.39, 0.29) is 28.5 Å². The normalized spacial score (nSPS) is 9.86. The second-order valence-corrected chi connectivity index (χ2v) is 3.00. The maximum Gasteiger partial charge on any atom is 0.270 e. The summed E-state index contributed by atoms with van der Waals surface area (Å²) in [4.78, 5) is 21.1. The van der Waals surface area contributed by atoms with Crippen LogP contribution in [0.2, 0.25) is 5.02 Å². The van der Waals surface area contributed by atoms with Gasteiger partial charge in [-0.15, -0.1) is 0 Å². The SMILES string of the molecule is [CH2]CC(=O)c1cc([N+](=O)[O-])ccc1Cl. The minimum Gasteiger partial charge on any atom is -0.294 e. The van der Waals surface area contributed by atoms with E-state index >= 15 is 0 Å². The highest BCUT2D eigenvalue weighted by atomic mass is 35.5. The number of non-ortho nitro benzene ring substituents is 1. The van der Waals surface area contributed by atoms with Gasteiger partial charge >= 0.3 is 0 Å². The van der Waals surface area contributed by atoms with Crippen molar-refractivity contribution in [3.8, 4) is 0 Å². The Morgan fingerprint density at radius 2 is 2.21 bits per heavy atom. The van der Waals surface area contributed by atoms with Gasteiger partial charge in [0.05, 0.1) is 9.95 Å². The Balaban J connectivity index is 3.21. The van der Waals surface area contributed by atoms with Gasteiger partial charge < -0.3 is 0 Å². The first-order valence-electron chi connectivity index (χ1n) is 3.82. The lowest BCUT2D eigenvalue weighted by Crippen LogP contribution is -1.99. The monoisotopic (exact) mass is 212 g/mol. The lowest BCUT2D eigenvalue weighted by Gasteiger charge is -2.00. The molecule has 14 heavy (non-hydrogen) atoms. The predicted molar refractivity (Wildman–Crippen MR) is 52.4 cm³/mol. The summed E-state index contributed by atoms with van der Waals surface area (Å²) in [5.41, 5.74) is 0.00191. The maximum absolute atomic E-state index is 11.2. The highest BCUT2D eigenvalue weighted by Crippen LogP contribution is 2.22. The molecular formula is C9H7ClNO3. The van der Waals surface area contributed by atoms with Gasteiger partial charge in [0.2, 0.25) is 0 Å². The number of hydrogen-bond acceptors (Lipinski definition) is 3. The highest BCUT2D eigenvalue weighted by Gasteiger charge is 2.13. The smallest absolute Gasteiger partial charge is 0.270 e. The zero-order valence-electron chi connectivity index (χ0n) is 7.20. The van der Waals surface area contributed by atoms with Gasteiger partial charge in [-0.2, -0.15) is 0 Å². The molecule has 4 nitrogen and oxygen atoms in total. The number of nitro groups is 1. The molecule has 1 radical (unpaired) electrons. The lowest BCUT2D eigenvalue weighted by atomic mass is 10.1. The number of Topliss-reactive ketones (excluding diaryl/α,β-unsaturated/α-hetero) is 1. The summed E-state index contributed by atoms with van der Waals surface area (Å²) in [7, 11) is 0. The number of rotatable bonds is 3. The van der Waals surface area contributed by atoms with Crippen LogP contribution in [0.4, 0.5) is 5.69 Å². The maximum atomic E-state index is 11.2. The van der Waals surface area contributed by atoms with E-state index in [1.165, 1.54) is 12.1 Å². The number of nitro benzene ring substituents is 1. The molecule has 0 N–H and O–H groups in total. The van der Waals surface area contributed by atoms with Crippen LogP contribution in [0, 0.1) is 17.0 Å². The average Bonchev–Trinajstić information content (AvgIpc) is 2.17. The number of halogens is 1. The van der Waals surface area contributed by atoms with Crippen molar-refractivity contribution in [2.45, 2.75) is 6.42 Å². The van der Waals surface area contributed by atoms with Crippen LogP contribution in [-0.2, 0) is 0 Å².